The summed E-state index contributed by atoms with van der Waals surface area (Å²) in [6.07, 6.45) is 1.43. The van der Waals surface area contributed by atoms with Crippen LogP contribution >= 0.6 is 16.6 Å². The van der Waals surface area contributed by atoms with Crippen molar-refractivity contribution in [1.82, 2.24) is 0 Å². The van der Waals surface area contributed by atoms with Gasteiger partial charge in [-0.2, -0.15) is 0 Å². The smallest absolute Gasteiger partial charge is 0.306 e. The minimum atomic E-state index is -1.06. The van der Waals surface area contributed by atoms with Crippen LogP contribution in [0.4, 0.5) is 0 Å². The Kier molecular flexibility index (Phi) is 3.44. The van der Waals surface area contributed by atoms with Crippen LogP contribution in [0.2, 0.25) is 0 Å². The number of hydrogen-bond donors (Lipinski definition) is 0. The van der Waals surface area contributed by atoms with Crippen LogP contribution in [-0.2, 0) is 18.8 Å². The molecule has 0 amide bonds. The van der Waals surface area contributed by atoms with Crippen LogP contribution in [0, 0.1) is 11.8 Å². The maximum Gasteiger partial charge on any atom is 0.306 e. The van der Waals surface area contributed by atoms with Gasteiger partial charge in [0.2, 0.25) is 0 Å². The molecule has 0 N–H and O–H groups in total. The third kappa shape index (κ3) is 2.25. The lowest BCUT2D eigenvalue weighted by Crippen LogP contribution is -2.22. The molecule has 0 aromatic carbocycles. The fourth-order valence-corrected chi connectivity index (χ4v) is 3.36. The molecule has 4 nitrogen and oxygen atoms in total. The van der Waals surface area contributed by atoms with E-state index < -0.39 is 7.72 Å². The summed E-state index contributed by atoms with van der Waals surface area (Å²) in [7, 11) is 6.88. The molecule has 2 aliphatic rings. The van der Waals surface area contributed by atoms with Gasteiger partial charge < -0.3 is 14.1 Å². The lowest BCUT2D eigenvalue weighted by Gasteiger charge is -2.20. The maximum atomic E-state index is 11.0. The fourth-order valence-electron chi connectivity index (χ4n) is 2.36. The highest BCUT2D eigenvalue weighted by Crippen LogP contribution is 2.49. The largest absolute Gasteiger partial charge is 0.462 e. The molecule has 6 atom stereocenters. The average Bonchev–Trinajstić information content (AvgIpc) is 2.59. The van der Waals surface area contributed by atoms with Gasteiger partial charge in [0.25, 0.3) is 0 Å². The first kappa shape index (κ1) is 11.5. The maximum absolute atomic E-state index is 11.0. The Morgan fingerprint density at radius 3 is 3.00 bits per heavy atom. The number of esters is 1. The summed E-state index contributed by atoms with van der Waals surface area (Å²) in [5, 5.41) is 0. The highest BCUT2D eigenvalue weighted by Gasteiger charge is 2.50. The molecular formula is C8H11BO4P2. The molecule has 2 rings (SSSR count). The molecule has 1 aliphatic heterocycles. The Labute approximate surface area is 92.8 Å². The number of carbonyl (C=O) groups is 2. The molecule has 1 aliphatic carbocycles. The van der Waals surface area contributed by atoms with Crippen molar-refractivity contribution in [3.8, 4) is 0 Å². The van der Waals surface area contributed by atoms with Crippen LogP contribution in [0.5, 0.6) is 0 Å². The normalized spacial score (nSPS) is 41.0. The summed E-state index contributed by atoms with van der Waals surface area (Å²) in [4.78, 5) is 22.0. The van der Waals surface area contributed by atoms with Crippen LogP contribution in [0.25, 0.3) is 0 Å². The number of rotatable bonds is 3. The van der Waals surface area contributed by atoms with Crippen molar-refractivity contribution >= 4 is 36.5 Å². The summed E-state index contributed by atoms with van der Waals surface area (Å²) < 4.78 is 10.6. The van der Waals surface area contributed by atoms with Crippen LogP contribution < -0.4 is 0 Å². The Bertz CT molecular complexity index is 286. The van der Waals surface area contributed by atoms with E-state index in [0.717, 1.165) is 6.29 Å². The van der Waals surface area contributed by atoms with Crippen molar-refractivity contribution in [2.75, 3.05) is 0 Å². The molecule has 0 aromatic rings. The van der Waals surface area contributed by atoms with E-state index in [4.69, 9.17) is 16.8 Å². The third-order valence-electron chi connectivity index (χ3n) is 2.97. The molecule has 1 saturated carbocycles. The number of carbonyl (C=O) groups excluding carboxylic acids is 2. The molecule has 1 saturated heterocycles. The van der Waals surface area contributed by atoms with Gasteiger partial charge in [0.15, 0.2) is 7.57 Å². The van der Waals surface area contributed by atoms with Gasteiger partial charge in [0.1, 0.15) is 12.4 Å². The van der Waals surface area contributed by atoms with Crippen molar-refractivity contribution < 1.29 is 18.8 Å². The van der Waals surface area contributed by atoms with Crippen LogP contribution in [0.3, 0.4) is 0 Å². The lowest BCUT2D eigenvalue weighted by atomic mass is 9.94. The van der Waals surface area contributed by atoms with Crippen molar-refractivity contribution in [2.45, 2.75) is 25.0 Å². The van der Waals surface area contributed by atoms with Crippen molar-refractivity contribution in [2.24, 2.45) is 11.8 Å². The zero-order valence-corrected chi connectivity index (χ0v) is 10.1. The fraction of sp³-hybridized carbons (Fsp3) is 0.750. The highest BCUT2D eigenvalue weighted by molar-refractivity contribution is 8.23. The van der Waals surface area contributed by atoms with Gasteiger partial charge in [-0.15, -0.1) is 0 Å². The molecular weight excluding hydrogens is 233 g/mol. The van der Waals surface area contributed by atoms with Crippen LogP contribution in [-0.4, -0.2) is 32.0 Å². The quantitative estimate of drug-likeness (QED) is 0.319. The summed E-state index contributed by atoms with van der Waals surface area (Å²) in [6, 6.07) is 0. The summed E-state index contributed by atoms with van der Waals surface area (Å²) >= 11 is 0. The second-order valence-corrected chi connectivity index (χ2v) is 6.31. The van der Waals surface area contributed by atoms with E-state index in [-0.39, 0.29) is 30.0 Å². The van der Waals surface area contributed by atoms with E-state index in [0.29, 0.717) is 12.8 Å². The monoisotopic (exact) mass is 244 g/mol. The molecule has 0 aromatic heterocycles. The Morgan fingerprint density at radius 2 is 2.40 bits per heavy atom. The van der Waals surface area contributed by atoms with E-state index in [9.17, 15) is 9.59 Å². The van der Waals surface area contributed by atoms with E-state index in [1.54, 1.807) is 0 Å². The predicted octanol–water partition coefficient (Wildman–Crippen LogP) is 0.793. The Hall–Kier alpha value is 0.0249. The Balaban J connectivity index is 2.06. The van der Waals surface area contributed by atoms with Crippen molar-refractivity contribution in [3.05, 3.63) is 0 Å². The van der Waals surface area contributed by atoms with Crippen molar-refractivity contribution in [1.29, 1.82) is 0 Å². The average molecular weight is 244 g/mol. The standard InChI is InChI=1S/C8H11BO4P2/c9-15(14)13-7-2-6-4(5(7)3-10)1-8(11)12-6/h3-7H,1-2,14H2/t4-,5?,6+,7-,15?/m1/s1. The van der Waals surface area contributed by atoms with Gasteiger partial charge in [0, 0.05) is 18.3 Å². The van der Waals surface area contributed by atoms with Crippen molar-refractivity contribution in [3.63, 3.8) is 0 Å². The van der Waals surface area contributed by atoms with Gasteiger partial charge in [-0.25, -0.2) is 0 Å². The predicted molar refractivity (Wildman–Crippen MR) is 59.4 cm³/mol. The molecule has 15 heavy (non-hydrogen) atoms. The Morgan fingerprint density at radius 1 is 1.67 bits per heavy atom. The molecule has 2 radical (unpaired) electrons. The summed E-state index contributed by atoms with van der Waals surface area (Å²) in [5.74, 6) is -0.480. The second-order valence-electron chi connectivity index (χ2n) is 3.85. The molecule has 7 heteroatoms. The van der Waals surface area contributed by atoms with E-state index >= 15 is 0 Å². The number of aldehydes is 1. The first-order valence-corrected chi connectivity index (χ1v) is 7.67. The van der Waals surface area contributed by atoms with E-state index in [1.807, 2.05) is 0 Å². The molecule has 0 bridgehead atoms. The molecule has 0 spiro atoms. The van der Waals surface area contributed by atoms with E-state index in [2.05, 4.69) is 8.93 Å². The lowest BCUT2D eigenvalue weighted by molar-refractivity contribution is -0.141. The first-order chi connectivity index (χ1) is 7.11. The highest BCUT2D eigenvalue weighted by atomic mass is 32.0. The van der Waals surface area contributed by atoms with Gasteiger partial charge >= 0.3 is 5.97 Å². The second kappa shape index (κ2) is 4.49. The van der Waals surface area contributed by atoms with E-state index in [1.165, 1.54) is 0 Å². The van der Waals surface area contributed by atoms with Gasteiger partial charge in [-0.1, -0.05) is 8.93 Å². The third-order valence-corrected chi connectivity index (χ3v) is 3.84. The van der Waals surface area contributed by atoms with Crippen LogP contribution in [0.15, 0.2) is 0 Å². The summed E-state index contributed by atoms with van der Waals surface area (Å²) in [5.41, 5.74) is 0. The zero-order chi connectivity index (χ0) is 11.0. The topological polar surface area (TPSA) is 52.6 Å². The SMILES string of the molecule is [B]P(P)O[C@@H]1C[C@@H]2OC(=O)C[C@@H]2C1C=O. The van der Waals surface area contributed by atoms with Gasteiger partial charge in [-0.3, -0.25) is 4.79 Å². The van der Waals surface area contributed by atoms with Crippen LogP contribution in [0.1, 0.15) is 12.8 Å². The number of ether oxygens (including phenoxy) is 1. The number of hydrogen-bond acceptors (Lipinski definition) is 4. The van der Waals surface area contributed by atoms with Gasteiger partial charge in [-0.05, 0) is 7.72 Å². The first-order valence-electron chi connectivity index (χ1n) is 4.73. The molecule has 2 fully saturated rings. The zero-order valence-electron chi connectivity index (χ0n) is 8.04. The summed E-state index contributed by atoms with van der Waals surface area (Å²) in [6.45, 7) is 0. The minimum absolute atomic E-state index is 0.0139. The molecule has 3 unspecified atom stereocenters. The molecule has 1 heterocycles. The molecule has 80 valence electrons. The number of fused-ring (bicyclic) bond motifs is 1. The minimum Gasteiger partial charge on any atom is -0.462 e. The van der Waals surface area contributed by atoms with Gasteiger partial charge in [0.05, 0.1) is 12.5 Å².